The Labute approximate surface area is 148 Å². The Balaban J connectivity index is 1.93. The number of hydrazone groups is 1. The molecule has 2 N–H and O–H groups in total. The Morgan fingerprint density at radius 3 is 2.58 bits per heavy atom. The fourth-order valence-electron chi connectivity index (χ4n) is 1.87. The highest BCUT2D eigenvalue weighted by atomic mass is 79.9. The van der Waals surface area contributed by atoms with Crippen LogP contribution in [-0.4, -0.2) is 25.1 Å². The van der Waals surface area contributed by atoms with Gasteiger partial charge in [0.2, 0.25) is 0 Å². The van der Waals surface area contributed by atoms with E-state index in [2.05, 4.69) is 31.8 Å². The number of rotatable bonds is 4. The van der Waals surface area contributed by atoms with Crippen molar-refractivity contribution < 1.29 is 14.3 Å². The third-order valence-electron chi connectivity index (χ3n) is 3.16. The second-order valence-corrected chi connectivity index (χ2v) is 5.72. The van der Waals surface area contributed by atoms with Crippen molar-refractivity contribution in [1.82, 2.24) is 5.43 Å². The lowest BCUT2D eigenvalue weighted by atomic mass is 10.2. The van der Waals surface area contributed by atoms with E-state index in [9.17, 15) is 9.59 Å². The van der Waals surface area contributed by atoms with Crippen LogP contribution in [0.2, 0.25) is 0 Å². The summed E-state index contributed by atoms with van der Waals surface area (Å²) in [5.74, 6) is -0.937. The lowest BCUT2D eigenvalue weighted by molar-refractivity contribution is -0.136. The summed E-state index contributed by atoms with van der Waals surface area (Å²) in [5.41, 5.74) is 4.38. The molecule has 0 aliphatic rings. The molecule has 2 aromatic carbocycles. The minimum Gasteiger partial charge on any atom is -0.496 e. The van der Waals surface area contributed by atoms with E-state index < -0.39 is 11.8 Å². The topological polar surface area (TPSA) is 79.8 Å². The number of nitrogens with zero attached hydrogens (tertiary/aromatic N) is 1. The number of halogens is 1. The highest BCUT2D eigenvalue weighted by Crippen LogP contribution is 2.24. The summed E-state index contributed by atoms with van der Waals surface area (Å²) in [6, 6.07) is 12.5. The predicted octanol–water partition coefficient (Wildman–Crippen LogP) is 2.85. The summed E-state index contributed by atoms with van der Waals surface area (Å²) in [4.78, 5) is 23.6. The number of carbonyl (C=O) groups is 2. The third-order valence-corrected chi connectivity index (χ3v) is 3.77. The van der Waals surface area contributed by atoms with Gasteiger partial charge in [0.25, 0.3) is 0 Å². The predicted molar refractivity (Wildman–Crippen MR) is 96.2 cm³/mol. The lowest BCUT2D eigenvalue weighted by Gasteiger charge is -2.06. The molecule has 124 valence electrons. The number of nitrogens with one attached hydrogen (secondary N) is 2. The molecule has 0 spiro atoms. The zero-order valence-electron chi connectivity index (χ0n) is 13.2. The van der Waals surface area contributed by atoms with Crippen LogP contribution in [0.15, 0.2) is 52.0 Å². The Kier molecular flexibility index (Phi) is 6.08. The van der Waals surface area contributed by atoms with Crippen molar-refractivity contribution in [2.24, 2.45) is 5.10 Å². The number of anilines is 1. The van der Waals surface area contributed by atoms with Gasteiger partial charge in [0.05, 0.1) is 17.8 Å². The average molecular weight is 390 g/mol. The third kappa shape index (κ3) is 4.66. The SMILES string of the molecule is COc1ccc(/C=N\NC(=O)C(=O)Nc2ccccc2C)cc1Br. The molecule has 2 aromatic rings. The van der Waals surface area contributed by atoms with Crippen LogP contribution in [-0.2, 0) is 9.59 Å². The van der Waals surface area contributed by atoms with E-state index in [-0.39, 0.29) is 0 Å². The summed E-state index contributed by atoms with van der Waals surface area (Å²) in [5, 5.41) is 6.31. The van der Waals surface area contributed by atoms with Crippen LogP contribution in [0.25, 0.3) is 0 Å². The molecule has 0 fully saturated rings. The van der Waals surface area contributed by atoms with E-state index in [4.69, 9.17) is 4.74 Å². The number of para-hydroxylation sites is 1. The van der Waals surface area contributed by atoms with Crippen LogP contribution in [0.5, 0.6) is 5.75 Å². The highest BCUT2D eigenvalue weighted by molar-refractivity contribution is 9.10. The molecule has 6 nitrogen and oxygen atoms in total. The van der Waals surface area contributed by atoms with Crippen molar-refractivity contribution in [1.29, 1.82) is 0 Å². The van der Waals surface area contributed by atoms with Gasteiger partial charge in [-0.1, -0.05) is 18.2 Å². The number of methoxy groups -OCH3 is 1. The van der Waals surface area contributed by atoms with Gasteiger partial charge in [-0.2, -0.15) is 5.10 Å². The van der Waals surface area contributed by atoms with E-state index in [0.29, 0.717) is 11.4 Å². The summed E-state index contributed by atoms with van der Waals surface area (Å²) < 4.78 is 5.89. The smallest absolute Gasteiger partial charge is 0.329 e. The molecule has 24 heavy (non-hydrogen) atoms. The van der Waals surface area contributed by atoms with Crippen molar-refractivity contribution >= 4 is 39.6 Å². The van der Waals surface area contributed by atoms with E-state index >= 15 is 0 Å². The zero-order chi connectivity index (χ0) is 17.5. The molecule has 0 aromatic heterocycles. The normalized spacial score (nSPS) is 10.5. The van der Waals surface area contributed by atoms with Gasteiger partial charge in [0.15, 0.2) is 0 Å². The molecule has 0 aliphatic heterocycles. The number of aryl methyl sites for hydroxylation is 1. The Bertz CT molecular complexity index is 790. The summed E-state index contributed by atoms with van der Waals surface area (Å²) in [6.07, 6.45) is 1.43. The molecule has 0 radical (unpaired) electrons. The molecule has 0 aliphatic carbocycles. The fourth-order valence-corrected chi connectivity index (χ4v) is 2.43. The number of hydrogen-bond acceptors (Lipinski definition) is 4. The first-order valence-electron chi connectivity index (χ1n) is 7.05. The molecule has 0 saturated carbocycles. The maximum atomic E-state index is 11.8. The Morgan fingerprint density at radius 1 is 1.17 bits per heavy atom. The van der Waals surface area contributed by atoms with Gasteiger partial charge >= 0.3 is 11.8 Å². The molecule has 0 saturated heterocycles. The first-order valence-corrected chi connectivity index (χ1v) is 7.84. The van der Waals surface area contributed by atoms with Crippen LogP contribution in [0.1, 0.15) is 11.1 Å². The number of benzene rings is 2. The fraction of sp³-hybridized carbons (Fsp3) is 0.118. The number of hydrogen-bond donors (Lipinski definition) is 2. The van der Waals surface area contributed by atoms with Gasteiger partial charge in [-0.25, -0.2) is 5.43 Å². The average Bonchev–Trinajstić information content (AvgIpc) is 2.57. The minimum absolute atomic E-state index is 0.584. The summed E-state index contributed by atoms with van der Waals surface area (Å²) in [7, 11) is 1.57. The molecule has 0 heterocycles. The maximum Gasteiger partial charge on any atom is 0.329 e. The van der Waals surface area contributed by atoms with Crippen LogP contribution < -0.4 is 15.5 Å². The molecule has 0 unspecified atom stereocenters. The van der Waals surface area contributed by atoms with Crippen LogP contribution in [0.3, 0.4) is 0 Å². The second kappa shape index (κ2) is 8.26. The maximum absolute atomic E-state index is 11.8. The highest BCUT2D eigenvalue weighted by Gasteiger charge is 2.13. The van der Waals surface area contributed by atoms with Gasteiger partial charge in [-0.15, -0.1) is 0 Å². The van der Waals surface area contributed by atoms with Gasteiger partial charge in [0.1, 0.15) is 5.75 Å². The summed E-state index contributed by atoms with van der Waals surface area (Å²) >= 11 is 3.36. The van der Waals surface area contributed by atoms with Gasteiger partial charge in [-0.3, -0.25) is 9.59 Å². The quantitative estimate of drug-likeness (QED) is 0.479. The molecular weight excluding hydrogens is 374 g/mol. The molecule has 2 amide bonds. The van der Waals surface area contributed by atoms with Crippen LogP contribution >= 0.6 is 15.9 Å². The minimum atomic E-state index is -0.845. The van der Waals surface area contributed by atoms with E-state index in [0.717, 1.165) is 15.6 Å². The molecule has 7 heteroatoms. The standard InChI is InChI=1S/C17H16BrN3O3/c1-11-5-3-4-6-14(11)20-16(22)17(23)21-19-10-12-7-8-15(24-2)13(18)9-12/h3-10H,1-2H3,(H,20,22)(H,21,23)/b19-10-. The van der Waals surface area contributed by atoms with E-state index in [1.807, 2.05) is 19.1 Å². The van der Waals surface area contributed by atoms with Crippen molar-refractivity contribution in [3.63, 3.8) is 0 Å². The molecule has 0 bridgehead atoms. The van der Waals surface area contributed by atoms with E-state index in [1.165, 1.54) is 6.21 Å². The van der Waals surface area contributed by atoms with Gasteiger partial charge in [-0.05, 0) is 58.2 Å². The molecule has 2 rings (SSSR count). The second-order valence-electron chi connectivity index (χ2n) is 4.86. The van der Waals surface area contributed by atoms with Crippen molar-refractivity contribution in [3.8, 4) is 5.75 Å². The Morgan fingerprint density at radius 2 is 1.92 bits per heavy atom. The van der Waals surface area contributed by atoms with Gasteiger partial charge in [0, 0.05) is 5.69 Å². The van der Waals surface area contributed by atoms with Crippen molar-refractivity contribution in [2.45, 2.75) is 6.92 Å². The zero-order valence-corrected chi connectivity index (χ0v) is 14.8. The Hall–Kier alpha value is -2.67. The number of carbonyl (C=O) groups excluding carboxylic acids is 2. The largest absolute Gasteiger partial charge is 0.496 e. The lowest BCUT2D eigenvalue weighted by Crippen LogP contribution is -2.32. The summed E-state index contributed by atoms with van der Waals surface area (Å²) in [6.45, 7) is 1.84. The first kappa shape index (κ1) is 17.7. The monoisotopic (exact) mass is 389 g/mol. The number of amides is 2. The van der Waals surface area contributed by atoms with Crippen molar-refractivity contribution in [2.75, 3.05) is 12.4 Å². The van der Waals surface area contributed by atoms with Gasteiger partial charge < -0.3 is 10.1 Å². The molecule has 0 atom stereocenters. The van der Waals surface area contributed by atoms with Crippen molar-refractivity contribution in [3.05, 3.63) is 58.1 Å². The van der Waals surface area contributed by atoms with Crippen LogP contribution in [0, 0.1) is 6.92 Å². The van der Waals surface area contributed by atoms with Crippen LogP contribution in [0.4, 0.5) is 5.69 Å². The number of ether oxygens (including phenoxy) is 1. The first-order chi connectivity index (χ1) is 11.5. The van der Waals surface area contributed by atoms with E-state index in [1.54, 1.807) is 37.4 Å². The molecular formula is C17H16BrN3O3.